The van der Waals surface area contributed by atoms with Gasteiger partial charge in [0.05, 0.1) is 13.2 Å². The van der Waals surface area contributed by atoms with E-state index in [9.17, 15) is 5.11 Å². The molecule has 1 aliphatic heterocycles. The van der Waals surface area contributed by atoms with E-state index in [0.717, 1.165) is 36.8 Å². The minimum atomic E-state index is -0.465. The summed E-state index contributed by atoms with van der Waals surface area (Å²) in [5.74, 6) is -0.0845. The maximum absolute atomic E-state index is 10.7. The first-order chi connectivity index (χ1) is 12.5. The van der Waals surface area contributed by atoms with Gasteiger partial charge in [0.1, 0.15) is 5.75 Å². The number of unbranched alkanes of at least 4 members (excludes halogenated alkanes) is 3. The molecule has 1 spiro atoms. The lowest BCUT2D eigenvalue weighted by molar-refractivity contribution is -0.158. The highest BCUT2D eigenvalue weighted by Crippen LogP contribution is 2.42. The quantitative estimate of drug-likeness (QED) is 0.612. The van der Waals surface area contributed by atoms with E-state index in [2.05, 4.69) is 39.0 Å². The molecule has 3 nitrogen and oxygen atoms in total. The van der Waals surface area contributed by atoms with E-state index in [1.807, 2.05) is 6.07 Å². The number of hydrogen-bond donors (Lipinski definition) is 1. The normalized spacial score (nSPS) is 19.7. The molecule has 3 heteroatoms. The van der Waals surface area contributed by atoms with E-state index in [1.165, 1.54) is 31.2 Å². The van der Waals surface area contributed by atoms with Crippen molar-refractivity contribution in [3.8, 4) is 5.75 Å². The lowest BCUT2D eigenvalue weighted by atomic mass is 9.79. The van der Waals surface area contributed by atoms with E-state index in [0.29, 0.717) is 19.0 Å². The van der Waals surface area contributed by atoms with Crippen LogP contribution < -0.4 is 0 Å². The first-order valence-electron chi connectivity index (χ1n) is 10.3. The Morgan fingerprint density at radius 1 is 1.12 bits per heavy atom. The average molecular weight is 359 g/mol. The molecule has 1 aliphatic carbocycles. The SMILES string of the molecule is CCCCCCC(C)(C)c1ccc(C2=CCCC3(C2)OCCO3)c(O)c1. The van der Waals surface area contributed by atoms with Crippen molar-refractivity contribution in [1.82, 2.24) is 0 Å². The van der Waals surface area contributed by atoms with Gasteiger partial charge in [0.2, 0.25) is 0 Å². The Labute approximate surface area is 158 Å². The van der Waals surface area contributed by atoms with Crippen molar-refractivity contribution in [1.29, 1.82) is 0 Å². The van der Waals surface area contributed by atoms with Crippen molar-refractivity contribution < 1.29 is 14.6 Å². The Morgan fingerprint density at radius 2 is 1.88 bits per heavy atom. The first kappa shape index (κ1) is 19.4. The number of aromatic hydroxyl groups is 1. The van der Waals surface area contributed by atoms with E-state index in [1.54, 1.807) is 0 Å². The van der Waals surface area contributed by atoms with Crippen LogP contribution in [0.4, 0.5) is 0 Å². The van der Waals surface area contributed by atoms with Crippen LogP contribution in [-0.4, -0.2) is 24.1 Å². The lowest BCUT2D eigenvalue weighted by Crippen LogP contribution is -2.32. The monoisotopic (exact) mass is 358 g/mol. The molecule has 1 aromatic rings. The van der Waals surface area contributed by atoms with E-state index in [4.69, 9.17) is 9.47 Å². The highest BCUT2D eigenvalue weighted by atomic mass is 16.7. The van der Waals surface area contributed by atoms with Gasteiger partial charge < -0.3 is 14.6 Å². The molecular formula is C23H34O3. The van der Waals surface area contributed by atoms with E-state index >= 15 is 0 Å². The van der Waals surface area contributed by atoms with Crippen molar-refractivity contribution >= 4 is 5.57 Å². The first-order valence-corrected chi connectivity index (χ1v) is 10.3. The van der Waals surface area contributed by atoms with Crippen LogP contribution in [0.2, 0.25) is 0 Å². The minimum Gasteiger partial charge on any atom is -0.507 e. The third-order valence-electron chi connectivity index (χ3n) is 5.97. The zero-order valence-electron chi connectivity index (χ0n) is 16.6. The molecule has 3 rings (SSSR count). The predicted octanol–water partition coefficient (Wildman–Crippen LogP) is 5.95. The number of phenols is 1. The highest BCUT2D eigenvalue weighted by Gasteiger charge is 2.39. The molecule has 0 amide bonds. The molecule has 1 saturated heterocycles. The van der Waals surface area contributed by atoms with Crippen LogP contribution >= 0.6 is 0 Å². The number of rotatable bonds is 7. The Balaban J connectivity index is 1.72. The van der Waals surface area contributed by atoms with Gasteiger partial charge in [0.25, 0.3) is 0 Å². The Morgan fingerprint density at radius 3 is 2.58 bits per heavy atom. The summed E-state index contributed by atoms with van der Waals surface area (Å²) < 4.78 is 11.7. The van der Waals surface area contributed by atoms with Gasteiger partial charge in [0, 0.05) is 18.4 Å². The molecule has 0 radical (unpaired) electrons. The molecule has 2 aliphatic rings. The van der Waals surface area contributed by atoms with Crippen molar-refractivity contribution in [3.63, 3.8) is 0 Å². The summed E-state index contributed by atoms with van der Waals surface area (Å²) in [5, 5.41) is 10.7. The van der Waals surface area contributed by atoms with Crippen molar-refractivity contribution in [2.24, 2.45) is 0 Å². The van der Waals surface area contributed by atoms with E-state index < -0.39 is 5.79 Å². The molecule has 0 saturated carbocycles. The zero-order chi connectivity index (χ0) is 18.6. The zero-order valence-corrected chi connectivity index (χ0v) is 16.6. The Hall–Kier alpha value is -1.32. The molecule has 0 aromatic heterocycles. The van der Waals surface area contributed by atoms with Crippen molar-refractivity contribution in [2.75, 3.05) is 13.2 Å². The molecule has 0 bridgehead atoms. The van der Waals surface area contributed by atoms with Crippen LogP contribution in [0.5, 0.6) is 5.75 Å². The molecule has 1 fully saturated rings. The fourth-order valence-electron chi connectivity index (χ4n) is 4.23. The summed E-state index contributed by atoms with van der Waals surface area (Å²) in [6.45, 7) is 8.15. The second-order valence-electron chi connectivity index (χ2n) is 8.48. The number of phenolic OH excluding ortho intramolecular Hbond substituents is 1. The standard InChI is InChI=1S/C23H34O3/c1-4-5-6-7-12-22(2,3)19-10-11-20(21(24)16-19)18-9-8-13-23(17-18)25-14-15-26-23/h9-11,16,24H,4-8,12-15,17H2,1-3H3. The summed E-state index contributed by atoms with van der Waals surface area (Å²) in [6, 6.07) is 6.24. The molecule has 144 valence electrons. The third-order valence-corrected chi connectivity index (χ3v) is 5.97. The van der Waals surface area contributed by atoms with Crippen LogP contribution in [0.1, 0.15) is 83.3 Å². The number of benzene rings is 1. The van der Waals surface area contributed by atoms with Crippen LogP contribution in [0.3, 0.4) is 0 Å². The highest BCUT2D eigenvalue weighted by molar-refractivity contribution is 5.72. The van der Waals surface area contributed by atoms with Gasteiger partial charge in [-0.3, -0.25) is 0 Å². The predicted molar refractivity (Wildman–Crippen MR) is 106 cm³/mol. The maximum Gasteiger partial charge on any atom is 0.172 e. The smallest absolute Gasteiger partial charge is 0.172 e. The summed E-state index contributed by atoms with van der Waals surface area (Å²) in [7, 11) is 0. The van der Waals surface area contributed by atoms with Gasteiger partial charge in [0.15, 0.2) is 5.79 Å². The number of allylic oxidation sites excluding steroid dienone is 1. The van der Waals surface area contributed by atoms with Crippen LogP contribution in [-0.2, 0) is 14.9 Å². The van der Waals surface area contributed by atoms with Gasteiger partial charge >= 0.3 is 0 Å². The molecular weight excluding hydrogens is 324 g/mol. The largest absolute Gasteiger partial charge is 0.507 e. The number of ether oxygens (including phenoxy) is 2. The topological polar surface area (TPSA) is 38.7 Å². The van der Waals surface area contributed by atoms with Crippen molar-refractivity contribution in [3.05, 3.63) is 35.4 Å². The second kappa shape index (κ2) is 8.14. The van der Waals surface area contributed by atoms with E-state index in [-0.39, 0.29) is 5.41 Å². The third kappa shape index (κ3) is 4.32. The average Bonchev–Trinajstić information content (AvgIpc) is 3.06. The van der Waals surface area contributed by atoms with Crippen molar-refractivity contribution in [2.45, 2.75) is 83.3 Å². The number of hydrogen-bond acceptors (Lipinski definition) is 3. The second-order valence-corrected chi connectivity index (χ2v) is 8.48. The lowest BCUT2D eigenvalue weighted by Gasteiger charge is -2.32. The molecule has 26 heavy (non-hydrogen) atoms. The molecule has 1 heterocycles. The van der Waals surface area contributed by atoms with Crippen LogP contribution in [0.15, 0.2) is 24.3 Å². The summed E-state index contributed by atoms with van der Waals surface area (Å²) >= 11 is 0. The molecule has 0 atom stereocenters. The van der Waals surface area contributed by atoms with Gasteiger partial charge in [-0.2, -0.15) is 0 Å². The van der Waals surface area contributed by atoms with Gasteiger partial charge in [-0.1, -0.05) is 64.7 Å². The molecule has 1 aromatic carbocycles. The minimum absolute atomic E-state index is 0.0869. The fourth-order valence-corrected chi connectivity index (χ4v) is 4.23. The Bertz CT molecular complexity index is 639. The summed E-state index contributed by atoms with van der Waals surface area (Å²) in [6.07, 6.45) is 11.0. The summed E-state index contributed by atoms with van der Waals surface area (Å²) in [4.78, 5) is 0. The summed E-state index contributed by atoms with van der Waals surface area (Å²) in [5.41, 5.74) is 3.37. The van der Waals surface area contributed by atoms with Crippen LogP contribution in [0, 0.1) is 0 Å². The van der Waals surface area contributed by atoms with Crippen LogP contribution in [0.25, 0.3) is 5.57 Å². The molecule has 0 unspecified atom stereocenters. The van der Waals surface area contributed by atoms with Gasteiger partial charge in [-0.05, 0) is 35.5 Å². The fraction of sp³-hybridized carbons (Fsp3) is 0.652. The van der Waals surface area contributed by atoms with Gasteiger partial charge in [-0.15, -0.1) is 0 Å². The molecule has 1 N–H and O–H groups in total. The Kier molecular flexibility index (Phi) is 6.09. The van der Waals surface area contributed by atoms with Gasteiger partial charge in [-0.25, -0.2) is 0 Å². The maximum atomic E-state index is 10.7.